The van der Waals surface area contributed by atoms with Gasteiger partial charge in [0.15, 0.2) is 0 Å². The lowest BCUT2D eigenvalue weighted by Crippen LogP contribution is -2.00. The van der Waals surface area contributed by atoms with Crippen LogP contribution >= 0.6 is 0 Å². The summed E-state index contributed by atoms with van der Waals surface area (Å²) in [6, 6.07) is 8.21. The van der Waals surface area contributed by atoms with Crippen molar-refractivity contribution in [2.45, 2.75) is 6.42 Å². The van der Waals surface area contributed by atoms with Crippen molar-refractivity contribution in [2.75, 3.05) is 0 Å². The molecule has 0 fully saturated rings. The number of rotatable bonds is 4. The molecule has 0 aliphatic heterocycles. The van der Waals surface area contributed by atoms with Crippen LogP contribution in [0.15, 0.2) is 48.5 Å². The standard InChI is InChI=1S/C27H10F8N2/c28-18-6-14(7-19(29)16(18)10-36)26-22(32)2-12(3-23(26)33)1-13-4-24(34)27(25(35)5-13)15-8-20(30)17(11-37)21(31)9-15/h2-9H,1H2. The topological polar surface area (TPSA) is 47.6 Å². The lowest BCUT2D eigenvalue weighted by atomic mass is 9.96. The Balaban J connectivity index is 1.69. The number of hydrogen-bond donors (Lipinski definition) is 0. The molecule has 184 valence electrons. The predicted octanol–water partition coefficient (Wildman–Crippen LogP) is 7.47. The van der Waals surface area contributed by atoms with E-state index in [1.807, 2.05) is 0 Å². The normalized spacial score (nSPS) is 10.8. The van der Waals surface area contributed by atoms with E-state index in [9.17, 15) is 35.1 Å². The highest BCUT2D eigenvalue weighted by atomic mass is 19.2. The summed E-state index contributed by atoms with van der Waals surface area (Å²) < 4.78 is 115. The maximum atomic E-state index is 14.7. The smallest absolute Gasteiger partial charge is 0.144 e. The van der Waals surface area contributed by atoms with Gasteiger partial charge in [-0.2, -0.15) is 10.5 Å². The molecule has 0 aliphatic carbocycles. The maximum Gasteiger partial charge on any atom is 0.144 e. The molecular weight excluding hydrogens is 504 g/mol. The Kier molecular flexibility index (Phi) is 6.69. The first-order valence-corrected chi connectivity index (χ1v) is 10.3. The SMILES string of the molecule is N#Cc1c(F)cc(-c2c(F)cc(Cc3cc(F)c(-c4cc(F)c(C#N)c(F)c4)c(F)c3)cc2F)cc1F. The molecule has 0 aliphatic rings. The largest absolute Gasteiger partial charge is 0.206 e. The van der Waals surface area contributed by atoms with Gasteiger partial charge in [-0.25, -0.2) is 35.1 Å². The zero-order chi connectivity index (χ0) is 27.0. The molecular formula is C27H10F8N2. The van der Waals surface area contributed by atoms with Crippen LogP contribution in [0, 0.1) is 69.2 Å². The minimum absolute atomic E-state index is 0.0876. The number of halogens is 8. The second kappa shape index (κ2) is 9.75. The molecule has 0 unspecified atom stereocenters. The monoisotopic (exact) mass is 514 g/mol. The molecule has 0 amide bonds. The molecule has 4 rings (SSSR count). The van der Waals surface area contributed by atoms with E-state index < -0.39 is 79.9 Å². The number of nitriles is 2. The Morgan fingerprint density at radius 1 is 0.432 bits per heavy atom. The van der Waals surface area contributed by atoms with E-state index in [0.29, 0.717) is 24.3 Å². The van der Waals surface area contributed by atoms with Crippen LogP contribution in [-0.4, -0.2) is 0 Å². The van der Waals surface area contributed by atoms with Crippen LogP contribution < -0.4 is 0 Å². The van der Waals surface area contributed by atoms with Crippen LogP contribution in [-0.2, 0) is 6.42 Å². The van der Waals surface area contributed by atoms with Crippen molar-refractivity contribution in [3.63, 3.8) is 0 Å². The van der Waals surface area contributed by atoms with Crippen molar-refractivity contribution in [1.82, 2.24) is 0 Å². The van der Waals surface area contributed by atoms with Crippen molar-refractivity contribution in [1.29, 1.82) is 10.5 Å². The van der Waals surface area contributed by atoms with Crippen molar-refractivity contribution in [2.24, 2.45) is 0 Å². The van der Waals surface area contributed by atoms with Gasteiger partial charge in [0.25, 0.3) is 0 Å². The van der Waals surface area contributed by atoms with Crippen molar-refractivity contribution in [3.05, 3.63) is 117 Å². The average Bonchev–Trinajstić information content (AvgIpc) is 2.78. The first kappa shape index (κ1) is 25.4. The quantitative estimate of drug-likeness (QED) is 0.265. The van der Waals surface area contributed by atoms with E-state index in [4.69, 9.17) is 10.5 Å². The average molecular weight is 514 g/mol. The number of hydrogen-bond acceptors (Lipinski definition) is 2. The molecule has 0 bridgehead atoms. The molecule has 0 saturated heterocycles. The molecule has 4 aromatic carbocycles. The molecule has 0 saturated carbocycles. The summed E-state index contributed by atoms with van der Waals surface area (Å²) in [6.07, 6.45) is -0.381. The Hall–Kier alpha value is -4.70. The van der Waals surface area contributed by atoms with E-state index in [1.165, 1.54) is 12.1 Å². The van der Waals surface area contributed by atoms with Crippen molar-refractivity contribution >= 4 is 0 Å². The Bertz CT molecular complexity index is 1450. The van der Waals surface area contributed by atoms with Gasteiger partial charge >= 0.3 is 0 Å². The highest BCUT2D eigenvalue weighted by Crippen LogP contribution is 2.33. The van der Waals surface area contributed by atoms with Gasteiger partial charge in [0, 0.05) is 0 Å². The van der Waals surface area contributed by atoms with Gasteiger partial charge in [0.2, 0.25) is 0 Å². The Morgan fingerprint density at radius 3 is 0.946 bits per heavy atom. The zero-order valence-electron chi connectivity index (χ0n) is 18.2. The third-order valence-corrected chi connectivity index (χ3v) is 5.50. The van der Waals surface area contributed by atoms with Gasteiger partial charge < -0.3 is 0 Å². The molecule has 0 heterocycles. The van der Waals surface area contributed by atoms with Crippen LogP contribution in [0.3, 0.4) is 0 Å². The fourth-order valence-electron chi connectivity index (χ4n) is 3.89. The molecule has 10 heteroatoms. The van der Waals surface area contributed by atoms with Crippen LogP contribution in [0.1, 0.15) is 22.3 Å². The summed E-state index contributed by atoms with van der Waals surface area (Å²) in [4.78, 5) is 0. The van der Waals surface area contributed by atoms with Crippen LogP contribution in [0.2, 0.25) is 0 Å². The zero-order valence-corrected chi connectivity index (χ0v) is 18.2. The minimum Gasteiger partial charge on any atom is -0.206 e. The predicted molar refractivity (Wildman–Crippen MR) is 116 cm³/mol. The summed E-state index contributed by atoms with van der Waals surface area (Å²) in [5.74, 6) is -10.1. The Morgan fingerprint density at radius 2 is 0.703 bits per heavy atom. The van der Waals surface area contributed by atoms with Crippen molar-refractivity contribution < 1.29 is 35.1 Å². The van der Waals surface area contributed by atoms with Gasteiger partial charge in [-0.15, -0.1) is 0 Å². The van der Waals surface area contributed by atoms with E-state index >= 15 is 0 Å². The molecule has 2 nitrogen and oxygen atoms in total. The molecule has 4 aromatic rings. The summed E-state index contributed by atoms with van der Waals surface area (Å²) in [6.45, 7) is 0. The molecule has 37 heavy (non-hydrogen) atoms. The van der Waals surface area contributed by atoms with Gasteiger partial charge in [-0.3, -0.25) is 0 Å². The van der Waals surface area contributed by atoms with Crippen molar-refractivity contribution in [3.8, 4) is 34.4 Å². The summed E-state index contributed by atoms with van der Waals surface area (Å²) in [5, 5.41) is 17.5. The number of benzene rings is 4. The maximum absolute atomic E-state index is 14.7. The van der Waals surface area contributed by atoms with E-state index in [2.05, 4.69) is 0 Å². The van der Waals surface area contributed by atoms with Gasteiger partial charge in [0.1, 0.15) is 69.8 Å². The molecule has 0 aromatic heterocycles. The van der Waals surface area contributed by atoms with Gasteiger partial charge in [0.05, 0.1) is 11.1 Å². The summed E-state index contributed by atoms with van der Waals surface area (Å²) in [7, 11) is 0. The summed E-state index contributed by atoms with van der Waals surface area (Å²) in [5.41, 5.74) is -4.56. The lowest BCUT2D eigenvalue weighted by molar-refractivity contribution is 0.572. The molecule has 0 spiro atoms. The van der Waals surface area contributed by atoms with Gasteiger partial charge in [-0.05, 0) is 77.2 Å². The fraction of sp³-hybridized carbons (Fsp3) is 0.0370. The highest BCUT2D eigenvalue weighted by Gasteiger charge is 2.21. The molecule has 0 atom stereocenters. The van der Waals surface area contributed by atoms with Crippen LogP contribution in [0.25, 0.3) is 22.3 Å². The van der Waals surface area contributed by atoms with Gasteiger partial charge in [-0.1, -0.05) is 0 Å². The van der Waals surface area contributed by atoms with Crippen LogP contribution in [0.4, 0.5) is 35.1 Å². The fourth-order valence-corrected chi connectivity index (χ4v) is 3.89. The minimum atomic E-state index is -1.31. The Labute approximate surface area is 204 Å². The lowest BCUT2D eigenvalue weighted by Gasteiger charge is -2.12. The van der Waals surface area contributed by atoms with E-state index in [0.717, 1.165) is 24.3 Å². The van der Waals surface area contributed by atoms with Crippen LogP contribution in [0.5, 0.6) is 0 Å². The molecule has 0 radical (unpaired) electrons. The second-order valence-corrected chi connectivity index (χ2v) is 7.90. The second-order valence-electron chi connectivity index (χ2n) is 7.90. The first-order chi connectivity index (χ1) is 17.5. The molecule has 0 N–H and O–H groups in total. The summed E-state index contributed by atoms with van der Waals surface area (Å²) >= 11 is 0. The van der Waals surface area contributed by atoms with E-state index in [-0.39, 0.29) is 17.5 Å². The third-order valence-electron chi connectivity index (χ3n) is 5.50. The highest BCUT2D eigenvalue weighted by molar-refractivity contribution is 5.68. The number of nitrogens with zero attached hydrogens (tertiary/aromatic N) is 2. The first-order valence-electron chi connectivity index (χ1n) is 10.3. The van der Waals surface area contributed by atoms with E-state index in [1.54, 1.807) is 0 Å². The third kappa shape index (κ3) is 4.74.